The first-order valence-corrected chi connectivity index (χ1v) is 9.54. The Kier molecular flexibility index (Phi) is 9.93. The van der Waals surface area contributed by atoms with Crippen LogP contribution in [0.15, 0.2) is 34.6 Å². The van der Waals surface area contributed by atoms with Crippen LogP contribution in [-0.2, 0) is 13.0 Å². The van der Waals surface area contributed by atoms with E-state index in [9.17, 15) is 0 Å². The smallest absolute Gasteiger partial charge is 0.194 e. The second kappa shape index (κ2) is 11.4. The highest BCUT2D eigenvalue weighted by Crippen LogP contribution is 2.13. The molecule has 0 atom stereocenters. The quantitative estimate of drug-likeness (QED) is 0.367. The summed E-state index contributed by atoms with van der Waals surface area (Å²) in [7, 11) is 6.17. The van der Waals surface area contributed by atoms with Crippen molar-refractivity contribution in [1.29, 1.82) is 0 Å². The Balaban J connectivity index is 0.00000338. The molecule has 0 saturated heterocycles. The molecule has 7 heteroatoms. The van der Waals surface area contributed by atoms with E-state index < -0.39 is 0 Å². The zero-order valence-electron chi connectivity index (χ0n) is 16.3. The van der Waals surface area contributed by atoms with Gasteiger partial charge in [-0.2, -0.15) is 0 Å². The molecule has 0 fully saturated rings. The van der Waals surface area contributed by atoms with Crippen molar-refractivity contribution in [3.8, 4) is 0 Å². The molecule has 1 aromatic carbocycles. The highest BCUT2D eigenvalue weighted by atomic mass is 127. The summed E-state index contributed by atoms with van der Waals surface area (Å²) in [5, 5.41) is 6.58. The summed E-state index contributed by atoms with van der Waals surface area (Å²) < 4.78 is 0. The van der Waals surface area contributed by atoms with Crippen LogP contribution in [0, 0.1) is 6.92 Å². The molecule has 0 unspecified atom stereocenters. The first-order valence-electron chi connectivity index (χ1n) is 8.66. The van der Waals surface area contributed by atoms with E-state index in [1.54, 1.807) is 11.3 Å². The molecule has 0 spiro atoms. The number of nitrogens with zero attached hydrogens (tertiary/aromatic N) is 4. The lowest BCUT2D eigenvalue weighted by molar-refractivity contribution is 0.471. The van der Waals surface area contributed by atoms with Crippen molar-refractivity contribution in [3.63, 3.8) is 0 Å². The van der Waals surface area contributed by atoms with E-state index in [0.717, 1.165) is 42.7 Å². The minimum absolute atomic E-state index is 0. The predicted octanol–water partition coefficient (Wildman–Crippen LogP) is 3.78. The van der Waals surface area contributed by atoms with Gasteiger partial charge in [-0.15, -0.1) is 35.3 Å². The highest BCUT2D eigenvalue weighted by Gasteiger charge is 2.08. The van der Waals surface area contributed by atoms with Crippen molar-refractivity contribution in [2.45, 2.75) is 26.8 Å². The number of benzene rings is 1. The first-order chi connectivity index (χ1) is 12.0. The van der Waals surface area contributed by atoms with E-state index >= 15 is 0 Å². The molecule has 2 aromatic rings. The van der Waals surface area contributed by atoms with Gasteiger partial charge in [0.15, 0.2) is 5.96 Å². The molecular weight excluding hydrogens is 457 g/mol. The summed E-state index contributed by atoms with van der Waals surface area (Å²) in [5.74, 6) is 0.929. The Hall–Kier alpha value is -1.35. The van der Waals surface area contributed by atoms with Crippen molar-refractivity contribution in [2.24, 2.45) is 4.99 Å². The Labute approximate surface area is 178 Å². The summed E-state index contributed by atoms with van der Waals surface area (Å²) in [6, 6.07) is 8.67. The van der Waals surface area contributed by atoms with Crippen molar-refractivity contribution in [1.82, 2.24) is 15.2 Å². The van der Waals surface area contributed by atoms with E-state index in [2.05, 4.69) is 77.8 Å². The minimum atomic E-state index is 0. The lowest BCUT2D eigenvalue weighted by Crippen LogP contribution is -2.38. The van der Waals surface area contributed by atoms with Gasteiger partial charge in [-0.25, -0.2) is 4.98 Å². The van der Waals surface area contributed by atoms with Crippen LogP contribution in [0.3, 0.4) is 0 Å². The van der Waals surface area contributed by atoms with Crippen LogP contribution in [0.4, 0.5) is 5.69 Å². The largest absolute Gasteiger partial charge is 0.378 e. The van der Waals surface area contributed by atoms with Gasteiger partial charge >= 0.3 is 0 Å². The van der Waals surface area contributed by atoms with Gasteiger partial charge in [0.1, 0.15) is 0 Å². The number of hydrogen-bond acceptors (Lipinski definition) is 4. The summed E-state index contributed by atoms with van der Waals surface area (Å²) in [4.78, 5) is 13.5. The monoisotopic (exact) mass is 487 g/mol. The molecule has 1 N–H and O–H groups in total. The van der Waals surface area contributed by atoms with Gasteiger partial charge < -0.3 is 15.1 Å². The van der Waals surface area contributed by atoms with Crippen LogP contribution in [0.5, 0.6) is 0 Å². The number of aromatic nitrogens is 1. The summed E-state index contributed by atoms with van der Waals surface area (Å²) in [6.07, 6.45) is 0.937. The van der Waals surface area contributed by atoms with Gasteiger partial charge in [0.2, 0.25) is 0 Å². The normalized spacial score (nSPS) is 11.0. The number of halogens is 1. The Morgan fingerprint density at radius 2 is 1.88 bits per heavy atom. The average Bonchev–Trinajstić information content (AvgIpc) is 2.99. The highest BCUT2D eigenvalue weighted by molar-refractivity contribution is 14.0. The molecule has 1 aromatic heterocycles. The van der Waals surface area contributed by atoms with Gasteiger partial charge in [-0.1, -0.05) is 12.1 Å². The molecule has 26 heavy (non-hydrogen) atoms. The number of aliphatic imine (C=N–C) groups is 1. The topological polar surface area (TPSA) is 43.8 Å². The van der Waals surface area contributed by atoms with E-state index in [0.29, 0.717) is 0 Å². The molecule has 0 bridgehead atoms. The molecule has 5 nitrogen and oxygen atoms in total. The maximum absolute atomic E-state index is 4.77. The maximum atomic E-state index is 4.77. The van der Waals surface area contributed by atoms with Crippen LogP contribution in [0.25, 0.3) is 0 Å². The molecule has 0 aliphatic carbocycles. The summed E-state index contributed by atoms with van der Waals surface area (Å²) in [6.45, 7) is 6.53. The predicted molar refractivity (Wildman–Crippen MR) is 124 cm³/mol. The number of guanidine groups is 1. The fourth-order valence-corrected chi connectivity index (χ4v) is 3.12. The van der Waals surface area contributed by atoms with Gasteiger partial charge in [-0.05, 0) is 38.0 Å². The molecule has 0 aliphatic heterocycles. The van der Waals surface area contributed by atoms with E-state index in [-0.39, 0.29) is 24.0 Å². The number of thiazole rings is 1. The summed E-state index contributed by atoms with van der Waals surface area (Å²) in [5.41, 5.74) is 3.62. The van der Waals surface area contributed by atoms with Crippen molar-refractivity contribution in [3.05, 3.63) is 45.9 Å². The number of anilines is 1. The van der Waals surface area contributed by atoms with Gasteiger partial charge in [-0.3, -0.25) is 4.99 Å². The third-order valence-electron chi connectivity index (χ3n) is 3.88. The van der Waals surface area contributed by atoms with Crippen LogP contribution in [-0.4, -0.2) is 50.1 Å². The fraction of sp³-hybridized carbons (Fsp3) is 0.474. The third kappa shape index (κ3) is 7.11. The minimum Gasteiger partial charge on any atom is -0.378 e. The van der Waals surface area contributed by atoms with Gasteiger partial charge in [0.25, 0.3) is 0 Å². The van der Waals surface area contributed by atoms with Crippen molar-refractivity contribution < 1.29 is 0 Å². The van der Waals surface area contributed by atoms with Gasteiger partial charge in [0, 0.05) is 45.3 Å². The first kappa shape index (κ1) is 22.7. The summed E-state index contributed by atoms with van der Waals surface area (Å²) >= 11 is 1.69. The van der Waals surface area contributed by atoms with Crippen LogP contribution in [0.2, 0.25) is 0 Å². The Morgan fingerprint density at radius 1 is 1.19 bits per heavy atom. The second-order valence-corrected chi connectivity index (χ2v) is 7.32. The van der Waals surface area contributed by atoms with Crippen LogP contribution < -0.4 is 10.2 Å². The molecule has 1 heterocycles. The van der Waals surface area contributed by atoms with Crippen LogP contribution in [0.1, 0.15) is 23.2 Å². The Bertz CT molecular complexity index is 681. The van der Waals surface area contributed by atoms with Gasteiger partial charge in [0.05, 0.1) is 17.2 Å². The van der Waals surface area contributed by atoms with Crippen molar-refractivity contribution >= 4 is 47.0 Å². The molecule has 2 rings (SSSR count). The number of nitrogens with one attached hydrogen (secondary N) is 1. The SMILES string of the molecule is CCNC(=NCCc1ccc(N(C)C)cc1)N(C)Cc1csc(C)n1.I. The number of aryl methyl sites for hydroxylation is 1. The zero-order chi connectivity index (χ0) is 18.2. The third-order valence-corrected chi connectivity index (χ3v) is 4.70. The van der Waals surface area contributed by atoms with E-state index in [4.69, 9.17) is 4.99 Å². The maximum Gasteiger partial charge on any atom is 0.194 e. The number of rotatable bonds is 7. The molecule has 144 valence electrons. The lowest BCUT2D eigenvalue weighted by atomic mass is 10.1. The molecule has 0 amide bonds. The molecule has 0 aliphatic rings. The standard InChI is InChI=1S/C19H29N5S.HI/c1-6-20-19(24(5)13-17-14-25-15(2)22-17)21-12-11-16-7-9-18(10-8-16)23(3)4;/h7-10,14H,6,11-13H2,1-5H3,(H,20,21);1H. The lowest BCUT2D eigenvalue weighted by Gasteiger charge is -2.21. The molecule has 0 radical (unpaired) electrons. The molecule has 0 saturated carbocycles. The number of hydrogen-bond donors (Lipinski definition) is 1. The second-order valence-electron chi connectivity index (χ2n) is 6.26. The van der Waals surface area contributed by atoms with E-state index in [1.807, 2.05) is 6.92 Å². The van der Waals surface area contributed by atoms with Crippen molar-refractivity contribution in [2.75, 3.05) is 39.1 Å². The zero-order valence-corrected chi connectivity index (χ0v) is 19.5. The van der Waals surface area contributed by atoms with Crippen LogP contribution >= 0.6 is 35.3 Å². The fourth-order valence-electron chi connectivity index (χ4n) is 2.52. The molecular formula is C19H30IN5S. The Morgan fingerprint density at radius 3 is 2.42 bits per heavy atom. The van der Waals surface area contributed by atoms with E-state index in [1.165, 1.54) is 11.3 Å². The average molecular weight is 487 g/mol.